The highest BCUT2D eigenvalue weighted by Crippen LogP contribution is 2.17. The Morgan fingerprint density at radius 3 is 2.52 bits per heavy atom. The van der Waals surface area contributed by atoms with Crippen LogP contribution >= 0.6 is 11.6 Å². The third-order valence-corrected chi connectivity index (χ3v) is 5.98. The van der Waals surface area contributed by atoms with Gasteiger partial charge in [0, 0.05) is 17.5 Å². The Bertz CT molecular complexity index is 656. The summed E-state index contributed by atoms with van der Waals surface area (Å²) in [6.07, 6.45) is 2.70. The molecular weight excluding hydrogens is 364 g/mol. The summed E-state index contributed by atoms with van der Waals surface area (Å²) in [6, 6.07) is 6.09. The third-order valence-electron chi connectivity index (χ3n) is 4.19. The zero-order valence-electron chi connectivity index (χ0n) is 14.4. The number of piperidine rings is 1. The minimum Gasteiger partial charge on any atom is -0.466 e. The maximum atomic E-state index is 12.4. The highest BCUT2D eigenvalue weighted by atomic mass is 35.5. The first-order valence-electron chi connectivity index (χ1n) is 8.56. The Kier molecular flexibility index (Phi) is 7.68. The highest BCUT2D eigenvalue weighted by molar-refractivity contribution is 7.89. The Hall–Kier alpha value is -1.15. The van der Waals surface area contributed by atoms with Gasteiger partial charge < -0.3 is 9.64 Å². The second kappa shape index (κ2) is 9.52. The van der Waals surface area contributed by atoms with E-state index in [-0.39, 0.29) is 16.9 Å². The molecule has 0 spiro atoms. The number of nitrogens with zero attached hydrogens (tertiary/aromatic N) is 1. The van der Waals surface area contributed by atoms with Crippen LogP contribution in [0.25, 0.3) is 0 Å². The number of nitrogens with one attached hydrogen (secondary N) is 1. The fourth-order valence-electron chi connectivity index (χ4n) is 2.86. The van der Waals surface area contributed by atoms with E-state index in [0.29, 0.717) is 18.1 Å². The Labute approximate surface area is 154 Å². The minimum atomic E-state index is -3.52. The number of likely N-dealkylation sites (tertiary alicyclic amines) is 1. The summed E-state index contributed by atoms with van der Waals surface area (Å²) in [5.41, 5.74) is 0. The molecule has 1 aromatic rings. The van der Waals surface area contributed by atoms with Gasteiger partial charge in [-0.05, 0) is 70.1 Å². The molecule has 0 aromatic heterocycles. The summed E-state index contributed by atoms with van der Waals surface area (Å²) in [5.74, 6) is -0.159. The number of rotatable bonds is 8. The molecule has 8 heteroatoms. The number of benzene rings is 1. The van der Waals surface area contributed by atoms with Gasteiger partial charge >= 0.3 is 5.97 Å². The lowest BCUT2D eigenvalue weighted by atomic mass is 10.1. The number of hydrogen-bond donors (Lipinski definition) is 1. The van der Waals surface area contributed by atoms with Crippen LogP contribution in [0.5, 0.6) is 0 Å². The second-order valence-corrected chi connectivity index (χ2v) is 8.25. The summed E-state index contributed by atoms with van der Waals surface area (Å²) < 4.78 is 32.4. The summed E-state index contributed by atoms with van der Waals surface area (Å²) in [4.78, 5) is 13.8. The molecular formula is C17H25ClN2O4S. The first-order valence-corrected chi connectivity index (χ1v) is 10.4. The topological polar surface area (TPSA) is 75.7 Å². The van der Waals surface area contributed by atoms with Crippen LogP contribution < -0.4 is 4.72 Å². The molecule has 1 N–H and O–H groups in total. The number of sulfonamides is 1. The zero-order chi connectivity index (χ0) is 18.3. The Morgan fingerprint density at radius 1 is 1.28 bits per heavy atom. The molecule has 0 bridgehead atoms. The molecule has 1 aromatic carbocycles. The molecule has 1 aliphatic rings. The Balaban J connectivity index is 1.74. The van der Waals surface area contributed by atoms with Crippen LogP contribution in [0.1, 0.15) is 32.6 Å². The van der Waals surface area contributed by atoms with Crippen LogP contribution in [-0.4, -0.2) is 51.6 Å². The molecule has 1 fully saturated rings. The number of ether oxygens (including phenoxy) is 1. The average Bonchev–Trinajstić information content (AvgIpc) is 2.57. The summed E-state index contributed by atoms with van der Waals surface area (Å²) in [6.45, 7) is 4.68. The van der Waals surface area contributed by atoms with Crippen LogP contribution in [0, 0.1) is 0 Å². The largest absolute Gasteiger partial charge is 0.466 e. The molecule has 0 atom stereocenters. The summed E-state index contributed by atoms with van der Waals surface area (Å²) >= 11 is 5.80. The number of halogens is 1. The molecule has 25 heavy (non-hydrogen) atoms. The van der Waals surface area contributed by atoms with E-state index in [0.717, 1.165) is 38.9 Å². The van der Waals surface area contributed by atoms with Crippen LogP contribution in [0.3, 0.4) is 0 Å². The summed E-state index contributed by atoms with van der Waals surface area (Å²) in [7, 11) is -3.52. The number of esters is 1. The molecule has 0 unspecified atom stereocenters. The van der Waals surface area contributed by atoms with Gasteiger partial charge in [0.05, 0.1) is 11.5 Å². The highest BCUT2D eigenvalue weighted by Gasteiger charge is 2.24. The average molecular weight is 389 g/mol. The summed E-state index contributed by atoms with van der Waals surface area (Å²) in [5, 5.41) is 0.509. The molecule has 1 heterocycles. The van der Waals surface area contributed by atoms with Crippen molar-refractivity contribution in [2.24, 2.45) is 0 Å². The van der Waals surface area contributed by atoms with Gasteiger partial charge in [0.2, 0.25) is 10.0 Å². The Morgan fingerprint density at radius 2 is 1.92 bits per heavy atom. The van der Waals surface area contributed by atoms with Crippen molar-refractivity contribution < 1.29 is 17.9 Å². The molecule has 0 aliphatic carbocycles. The van der Waals surface area contributed by atoms with Crippen molar-refractivity contribution in [3.8, 4) is 0 Å². The van der Waals surface area contributed by atoms with Crippen LogP contribution in [-0.2, 0) is 19.6 Å². The molecule has 6 nitrogen and oxygen atoms in total. The zero-order valence-corrected chi connectivity index (χ0v) is 16.0. The number of carbonyl (C=O) groups excluding carboxylic acids is 1. The monoisotopic (exact) mass is 388 g/mol. The maximum absolute atomic E-state index is 12.4. The molecule has 1 saturated heterocycles. The quantitative estimate of drug-likeness (QED) is 0.692. The minimum absolute atomic E-state index is 0.0676. The van der Waals surface area contributed by atoms with Gasteiger partial charge in [-0.15, -0.1) is 0 Å². The molecule has 0 saturated carbocycles. The molecule has 0 radical (unpaired) electrons. The van der Waals surface area contributed by atoms with Gasteiger partial charge in [-0.3, -0.25) is 4.79 Å². The van der Waals surface area contributed by atoms with E-state index in [1.807, 2.05) is 0 Å². The van der Waals surface area contributed by atoms with Gasteiger partial charge in [0.1, 0.15) is 0 Å². The van der Waals surface area contributed by atoms with Gasteiger partial charge in [-0.2, -0.15) is 0 Å². The van der Waals surface area contributed by atoms with Crippen molar-refractivity contribution in [3.05, 3.63) is 29.3 Å². The van der Waals surface area contributed by atoms with E-state index in [4.69, 9.17) is 16.3 Å². The van der Waals surface area contributed by atoms with Gasteiger partial charge in [-0.1, -0.05) is 11.6 Å². The maximum Gasteiger partial charge on any atom is 0.305 e. The fourth-order valence-corrected chi connectivity index (χ4v) is 4.29. The first kappa shape index (κ1) is 20.2. The second-order valence-electron chi connectivity index (χ2n) is 6.10. The van der Waals surface area contributed by atoms with Crippen molar-refractivity contribution in [2.45, 2.75) is 43.5 Å². The lowest BCUT2D eigenvalue weighted by molar-refractivity contribution is -0.143. The smallest absolute Gasteiger partial charge is 0.305 e. The van der Waals surface area contributed by atoms with Gasteiger partial charge in [0.25, 0.3) is 0 Å². The normalized spacial score (nSPS) is 16.7. The van der Waals surface area contributed by atoms with Crippen molar-refractivity contribution in [1.29, 1.82) is 0 Å². The SMILES string of the molecule is CCOC(=O)CCCN1CCC(NS(=O)(=O)c2ccc(Cl)cc2)CC1. The standard InChI is InChI=1S/C17H25ClN2O4S/c1-2-24-17(21)4-3-11-20-12-9-15(10-13-20)19-25(22,23)16-7-5-14(18)6-8-16/h5-8,15,19H,2-4,9-13H2,1H3. The van der Waals surface area contributed by atoms with Crippen LogP contribution in [0.2, 0.25) is 5.02 Å². The van der Waals surface area contributed by atoms with E-state index in [1.165, 1.54) is 12.1 Å². The van der Waals surface area contributed by atoms with Crippen LogP contribution in [0.4, 0.5) is 0 Å². The predicted octanol–water partition coefficient (Wildman–Crippen LogP) is 2.43. The number of carbonyl (C=O) groups is 1. The van der Waals surface area contributed by atoms with E-state index >= 15 is 0 Å². The molecule has 2 rings (SSSR count). The number of hydrogen-bond acceptors (Lipinski definition) is 5. The van der Waals surface area contributed by atoms with E-state index in [2.05, 4.69) is 9.62 Å². The predicted molar refractivity (Wildman–Crippen MR) is 97.1 cm³/mol. The lowest BCUT2D eigenvalue weighted by Gasteiger charge is -2.32. The van der Waals surface area contributed by atoms with E-state index in [9.17, 15) is 13.2 Å². The van der Waals surface area contributed by atoms with Crippen LogP contribution in [0.15, 0.2) is 29.2 Å². The van der Waals surface area contributed by atoms with E-state index in [1.54, 1.807) is 19.1 Å². The molecule has 140 valence electrons. The third kappa shape index (κ3) is 6.58. The molecule has 0 amide bonds. The van der Waals surface area contributed by atoms with Gasteiger partial charge in [0.15, 0.2) is 0 Å². The van der Waals surface area contributed by atoms with Crippen molar-refractivity contribution in [2.75, 3.05) is 26.2 Å². The first-order chi connectivity index (χ1) is 11.9. The van der Waals surface area contributed by atoms with E-state index < -0.39 is 10.0 Å². The fraction of sp³-hybridized carbons (Fsp3) is 0.588. The van der Waals surface area contributed by atoms with Crippen molar-refractivity contribution in [3.63, 3.8) is 0 Å². The van der Waals surface area contributed by atoms with Crippen molar-refractivity contribution in [1.82, 2.24) is 9.62 Å². The van der Waals surface area contributed by atoms with Gasteiger partial charge in [-0.25, -0.2) is 13.1 Å². The van der Waals surface area contributed by atoms with Crippen molar-refractivity contribution >= 4 is 27.6 Å². The molecule has 1 aliphatic heterocycles. The lowest BCUT2D eigenvalue weighted by Crippen LogP contribution is -2.44.